The predicted molar refractivity (Wildman–Crippen MR) is 168 cm³/mol. The Bertz CT molecular complexity index is 1270. The number of β-amino-alcohol motifs (C(OH)–C–C–N with tert-alkyl or cyclic N) is 1. The van der Waals surface area contributed by atoms with Crippen molar-refractivity contribution < 1.29 is 48.7 Å². The molecular formula is C33H46N2O10. The number of likely N-dealkylation sites (tertiary alicyclic amines) is 1. The van der Waals surface area contributed by atoms with Gasteiger partial charge in [0.2, 0.25) is 11.7 Å². The second-order valence-corrected chi connectivity index (χ2v) is 11.6. The number of methoxy groups -OCH3 is 3. The van der Waals surface area contributed by atoms with Gasteiger partial charge in [0.15, 0.2) is 11.5 Å². The fourth-order valence-electron chi connectivity index (χ4n) is 5.59. The number of amides is 1. The van der Waals surface area contributed by atoms with Crippen molar-refractivity contribution in [1.29, 1.82) is 0 Å². The summed E-state index contributed by atoms with van der Waals surface area (Å²) in [7, 11) is 4.89. The van der Waals surface area contributed by atoms with Crippen LogP contribution >= 0.6 is 0 Å². The number of fused-ring (bicyclic) bond motifs is 1. The van der Waals surface area contributed by atoms with E-state index in [1.165, 1.54) is 5.56 Å². The highest BCUT2D eigenvalue weighted by Gasteiger charge is 2.26. The number of piperidine rings is 1. The first-order chi connectivity index (χ1) is 21.5. The van der Waals surface area contributed by atoms with E-state index < -0.39 is 18.0 Å². The van der Waals surface area contributed by atoms with Crippen LogP contribution in [0.15, 0.2) is 30.3 Å². The molecule has 2 aliphatic heterocycles. The summed E-state index contributed by atoms with van der Waals surface area (Å²) >= 11 is 0. The number of carboxylic acid groups (broad SMARTS) is 2. The maximum absolute atomic E-state index is 12.5. The molecular weight excluding hydrogens is 584 g/mol. The highest BCUT2D eigenvalue weighted by Crippen LogP contribution is 2.42. The fraction of sp³-hybridized carbons (Fsp3) is 0.545. The van der Waals surface area contributed by atoms with Gasteiger partial charge in [-0.1, -0.05) is 13.8 Å². The van der Waals surface area contributed by atoms with Gasteiger partial charge in [0.1, 0.15) is 18.5 Å². The lowest BCUT2D eigenvalue weighted by atomic mass is 9.89. The molecule has 0 aromatic heterocycles. The van der Waals surface area contributed by atoms with Gasteiger partial charge in [-0.05, 0) is 92.1 Å². The molecule has 1 unspecified atom stereocenters. The summed E-state index contributed by atoms with van der Waals surface area (Å²) in [6.07, 6.45) is 3.64. The maximum Gasteiger partial charge on any atom is 0.414 e. The summed E-state index contributed by atoms with van der Waals surface area (Å²) in [5.74, 6) is 0.203. The molecule has 2 aromatic rings. The first-order valence-electron chi connectivity index (χ1n) is 15.2. The average Bonchev–Trinajstić information content (AvgIpc) is 3.03. The Morgan fingerprint density at radius 1 is 0.933 bits per heavy atom. The molecule has 0 aliphatic carbocycles. The number of carboxylic acids is 2. The van der Waals surface area contributed by atoms with Gasteiger partial charge in [0, 0.05) is 25.2 Å². The second kappa shape index (κ2) is 16.9. The zero-order valence-corrected chi connectivity index (χ0v) is 26.8. The van der Waals surface area contributed by atoms with E-state index in [-0.39, 0.29) is 12.5 Å². The van der Waals surface area contributed by atoms with Crippen molar-refractivity contribution in [1.82, 2.24) is 4.90 Å². The van der Waals surface area contributed by atoms with Crippen LogP contribution in [-0.4, -0.2) is 98.3 Å². The summed E-state index contributed by atoms with van der Waals surface area (Å²) < 4.78 is 22.5. The number of nitrogens with zero attached hydrogens (tertiary/aromatic N) is 2. The lowest BCUT2D eigenvalue weighted by Crippen LogP contribution is -2.40. The highest BCUT2D eigenvalue weighted by molar-refractivity contribution is 6.27. The molecule has 2 aromatic carbocycles. The second-order valence-electron chi connectivity index (χ2n) is 11.6. The zero-order valence-electron chi connectivity index (χ0n) is 26.8. The Balaban J connectivity index is 0.000000838. The number of rotatable bonds is 12. The summed E-state index contributed by atoms with van der Waals surface area (Å²) in [5, 5.41) is 25.5. The Kier molecular flexibility index (Phi) is 13.3. The molecule has 1 atom stereocenters. The van der Waals surface area contributed by atoms with Crippen LogP contribution in [0.3, 0.4) is 0 Å². The minimum absolute atomic E-state index is 0.196. The first-order valence-corrected chi connectivity index (χ1v) is 15.2. The smallest absolute Gasteiger partial charge is 0.414 e. The highest BCUT2D eigenvalue weighted by atomic mass is 16.5. The Morgan fingerprint density at radius 2 is 1.56 bits per heavy atom. The van der Waals surface area contributed by atoms with Crippen LogP contribution in [0.1, 0.15) is 56.6 Å². The maximum atomic E-state index is 12.5. The lowest BCUT2D eigenvalue weighted by molar-refractivity contribution is -0.159. The third-order valence-corrected chi connectivity index (χ3v) is 8.02. The van der Waals surface area contributed by atoms with Crippen molar-refractivity contribution in [3.63, 3.8) is 0 Å². The minimum Gasteiger partial charge on any atom is -0.493 e. The zero-order chi connectivity index (χ0) is 33.1. The molecule has 12 nitrogen and oxygen atoms in total. The molecule has 2 aliphatic rings. The SMILES string of the molecule is COc1cc(C2CCN(CC(O)COc3ccc4c(c3)CCC(=O)N4CCC(C)C)CC2)cc(OC)c1OC.O=C(O)C(=O)O. The molecule has 12 heteroatoms. The number of aliphatic carboxylic acids is 2. The van der Waals surface area contributed by atoms with Gasteiger partial charge in [0.25, 0.3) is 0 Å². The summed E-state index contributed by atoms with van der Waals surface area (Å²) in [6, 6.07) is 10.0. The quantitative estimate of drug-likeness (QED) is 0.293. The van der Waals surface area contributed by atoms with E-state index >= 15 is 0 Å². The number of aliphatic hydroxyl groups excluding tert-OH is 1. The fourth-order valence-corrected chi connectivity index (χ4v) is 5.59. The molecule has 0 radical (unpaired) electrons. The van der Waals surface area contributed by atoms with Crippen molar-refractivity contribution in [3.8, 4) is 23.0 Å². The van der Waals surface area contributed by atoms with Gasteiger partial charge in [-0.25, -0.2) is 9.59 Å². The number of ether oxygens (including phenoxy) is 4. The summed E-state index contributed by atoms with van der Waals surface area (Å²) in [6.45, 7) is 7.71. The standard InChI is InChI=1S/C31H44N2O6.C2H2O4/c1-21(2)10-15-33-27-8-7-26(16-23(27)6-9-30(33)35)39-20-25(34)19-32-13-11-22(12-14-32)24-17-28(36-3)31(38-5)29(18-24)37-4;3-1(4)2(5)6/h7-8,16-18,21-22,25,34H,6,9-15,19-20H2,1-5H3;(H,3,4)(H,5,6). The van der Waals surface area contributed by atoms with Gasteiger partial charge in [-0.3, -0.25) is 4.79 Å². The van der Waals surface area contributed by atoms with Crippen LogP contribution in [-0.2, 0) is 20.8 Å². The van der Waals surface area contributed by atoms with E-state index in [0.717, 1.165) is 62.3 Å². The van der Waals surface area contributed by atoms with E-state index in [1.807, 2.05) is 35.2 Å². The number of carbonyl (C=O) groups excluding carboxylic acids is 1. The van der Waals surface area contributed by atoms with Crippen LogP contribution < -0.4 is 23.8 Å². The largest absolute Gasteiger partial charge is 0.493 e. The summed E-state index contributed by atoms with van der Waals surface area (Å²) in [4.78, 5) is 34.9. The lowest BCUT2D eigenvalue weighted by Gasteiger charge is -2.33. The number of carbonyl (C=O) groups is 3. The number of anilines is 1. The molecule has 4 rings (SSSR count). The molecule has 3 N–H and O–H groups in total. The molecule has 45 heavy (non-hydrogen) atoms. The van der Waals surface area contributed by atoms with E-state index in [4.69, 9.17) is 38.7 Å². The molecule has 0 saturated carbocycles. The average molecular weight is 631 g/mol. The van der Waals surface area contributed by atoms with E-state index in [0.29, 0.717) is 42.0 Å². The Morgan fingerprint density at radius 3 is 2.09 bits per heavy atom. The van der Waals surface area contributed by atoms with E-state index in [2.05, 4.69) is 18.7 Å². The Hall–Kier alpha value is -4.03. The Labute approximate surface area is 264 Å². The van der Waals surface area contributed by atoms with Crippen molar-refractivity contribution in [3.05, 3.63) is 41.5 Å². The molecule has 248 valence electrons. The van der Waals surface area contributed by atoms with Crippen LogP contribution in [0.2, 0.25) is 0 Å². The monoisotopic (exact) mass is 630 g/mol. The van der Waals surface area contributed by atoms with Gasteiger partial charge in [-0.15, -0.1) is 0 Å². The number of aliphatic hydroxyl groups is 1. The third kappa shape index (κ3) is 9.98. The van der Waals surface area contributed by atoms with Crippen LogP contribution in [0.4, 0.5) is 5.69 Å². The van der Waals surface area contributed by atoms with Crippen LogP contribution in [0.25, 0.3) is 0 Å². The molecule has 1 fully saturated rings. The molecule has 0 spiro atoms. The number of hydrogen-bond donors (Lipinski definition) is 3. The van der Waals surface area contributed by atoms with Gasteiger partial charge in [0.05, 0.1) is 21.3 Å². The van der Waals surface area contributed by atoms with E-state index in [9.17, 15) is 9.90 Å². The topological polar surface area (TPSA) is 155 Å². The van der Waals surface area contributed by atoms with Gasteiger partial charge >= 0.3 is 11.9 Å². The first kappa shape index (κ1) is 35.4. The van der Waals surface area contributed by atoms with E-state index in [1.54, 1.807) is 21.3 Å². The van der Waals surface area contributed by atoms with Crippen LogP contribution in [0.5, 0.6) is 23.0 Å². The van der Waals surface area contributed by atoms with Crippen molar-refractivity contribution in [2.75, 3.05) is 59.0 Å². The predicted octanol–water partition coefficient (Wildman–Crippen LogP) is 3.81. The molecule has 1 amide bonds. The number of hydrogen-bond acceptors (Lipinski definition) is 9. The van der Waals surface area contributed by atoms with Gasteiger partial charge in [-0.2, -0.15) is 0 Å². The van der Waals surface area contributed by atoms with Crippen molar-refractivity contribution in [2.24, 2.45) is 5.92 Å². The summed E-state index contributed by atoms with van der Waals surface area (Å²) in [5.41, 5.74) is 3.32. The number of benzene rings is 2. The van der Waals surface area contributed by atoms with Crippen molar-refractivity contribution in [2.45, 2.75) is 58.0 Å². The molecule has 2 heterocycles. The van der Waals surface area contributed by atoms with Crippen molar-refractivity contribution >= 4 is 23.5 Å². The minimum atomic E-state index is -1.82. The molecule has 0 bridgehead atoms. The van der Waals surface area contributed by atoms with Crippen LogP contribution in [0, 0.1) is 5.92 Å². The molecule has 1 saturated heterocycles. The normalized spacial score (nSPS) is 15.9. The number of aryl methyl sites for hydroxylation is 1. The third-order valence-electron chi connectivity index (χ3n) is 8.02. The van der Waals surface area contributed by atoms with Gasteiger partial charge < -0.3 is 44.1 Å².